The minimum Gasteiger partial charge on any atom is -0.399 e. The fourth-order valence-electron chi connectivity index (χ4n) is 3.07. The van der Waals surface area contributed by atoms with Crippen molar-refractivity contribution in [1.82, 2.24) is 4.90 Å². The maximum atomic E-state index is 14.6. The summed E-state index contributed by atoms with van der Waals surface area (Å²) in [6.45, 7) is 8.61. The first-order chi connectivity index (χ1) is 11.6. The molecule has 1 N–H and O–H groups in total. The van der Waals surface area contributed by atoms with E-state index in [0.29, 0.717) is 37.0 Å². The SMILES string of the molecule is CC1(C)OB(c2ccc(C(=O)N3CCC(O)CC3)cc2F)OC1(C)C. The smallest absolute Gasteiger partial charge is 0.399 e. The van der Waals surface area contributed by atoms with E-state index in [0.717, 1.165) is 0 Å². The molecular formula is C18H25BFNO4. The van der Waals surface area contributed by atoms with Gasteiger partial charge in [0.1, 0.15) is 5.82 Å². The number of carbonyl (C=O) groups is 1. The Morgan fingerprint density at radius 2 is 1.76 bits per heavy atom. The summed E-state index contributed by atoms with van der Waals surface area (Å²) >= 11 is 0. The topological polar surface area (TPSA) is 59.0 Å². The van der Waals surface area contributed by atoms with Gasteiger partial charge >= 0.3 is 7.12 Å². The average molecular weight is 349 g/mol. The van der Waals surface area contributed by atoms with Crippen LogP contribution in [0.1, 0.15) is 50.9 Å². The van der Waals surface area contributed by atoms with E-state index in [2.05, 4.69) is 0 Å². The lowest BCUT2D eigenvalue weighted by Gasteiger charge is -2.32. The summed E-state index contributed by atoms with van der Waals surface area (Å²) in [4.78, 5) is 14.2. The first-order valence-electron chi connectivity index (χ1n) is 8.73. The Hall–Kier alpha value is -1.44. The van der Waals surface area contributed by atoms with Crippen molar-refractivity contribution in [3.63, 3.8) is 0 Å². The van der Waals surface area contributed by atoms with E-state index >= 15 is 0 Å². The highest BCUT2D eigenvalue weighted by atomic mass is 19.1. The first kappa shape index (κ1) is 18.4. The molecule has 0 bridgehead atoms. The van der Waals surface area contributed by atoms with E-state index in [-0.39, 0.29) is 12.0 Å². The molecule has 0 aromatic heterocycles. The van der Waals surface area contributed by atoms with Crippen molar-refractivity contribution in [2.45, 2.75) is 57.8 Å². The van der Waals surface area contributed by atoms with Crippen molar-refractivity contribution in [1.29, 1.82) is 0 Å². The molecule has 0 aliphatic carbocycles. The van der Waals surface area contributed by atoms with Crippen molar-refractivity contribution >= 4 is 18.5 Å². The van der Waals surface area contributed by atoms with Crippen LogP contribution in [0.15, 0.2) is 18.2 Å². The third-order valence-electron chi connectivity index (χ3n) is 5.51. The Morgan fingerprint density at radius 1 is 1.20 bits per heavy atom. The van der Waals surface area contributed by atoms with Crippen LogP contribution in [0.2, 0.25) is 0 Å². The number of aliphatic hydroxyl groups is 1. The van der Waals surface area contributed by atoms with Gasteiger partial charge in [-0.05, 0) is 52.7 Å². The van der Waals surface area contributed by atoms with Crippen molar-refractivity contribution in [2.75, 3.05) is 13.1 Å². The number of nitrogens with zero attached hydrogens (tertiary/aromatic N) is 1. The highest BCUT2D eigenvalue weighted by molar-refractivity contribution is 6.62. The Morgan fingerprint density at radius 3 is 2.28 bits per heavy atom. The lowest BCUT2D eigenvalue weighted by atomic mass is 9.78. The lowest BCUT2D eigenvalue weighted by molar-refractivity contribution is 0.00578. The molecule has 7 heteroatoms. The third kappa shape index (κ3) is 3.45. The number of benzene rings is 1. The van der Waals surface area contributed by atoms with E-state index in [1.807, 2.05) is 27.7 Å². The molecule has 1 amide bonds. The number of hydrogen-bond acceptors (Lipinski definition) is 4. The second-order valence-electron chi connectivity index (χ2n) is 7.85. The second kappa shape index (κ2) is 6.38. The second-order valence-corrected chi connectivity index (χ2v) is 7.85. The number of amides is 1. The minimum atomic E-state index is -0.792. The summed E-state index contributed by atoms with van der Waals surface area (Å²) in [6, 6.07) is 4.41. The maximum absolute atomic E-state index is 14.6. The van der Waals surface area contributed by atoms with Crippen LogP contribution in [-0.2, 0) is 9.31 Å². The highest BCUT2D eigenvalue weighted by Crippen LogP contribution is 2.36. The molecule has 2 heterocycles. The van der Waals surface area contributed by atoms with Crippen molar-refractivity contribution in [3.05, 3.63) is 29.6 Å². The number of aliphatic hydroxyl groups excluding tert-OH is 1. The number of hydrogen-bond donors (Lipinski definition) is 1. The fraction of sp³-hybridized carbons (Fsp3) is 0.611. The van der Waals surface area contributed by atoms with Gasteiger partial charge in [0.25, 0.3) is 5.91 Å². The van der Waals surface area contributed by atoms with E-state index < -0.39 is 24.1 Å². The van der Waals surface area contributed by atoms with Gasteiger partial charge in [-0.1, -0.05) is 6.07 Å². The fourth-order valence-corrected chi connectivity index (χ4v) is 3.07. The molecule has 1 aromatic carbocycles. The van der Waals surface area contributed by atoms with Gasteiger partial charge in [-0.15, -0.1) is 0 Å². The average Bonchev–Trinajstić information content (AvgIpc) is 2.75. The summed E-state index contributed by atoms with van der Waals surface area (Å²) in [7, 11) is -0.792. The van der Waals surface area contributed by atoms with Crippen LogP contribution in [0.25, 0.3) is 0 Å². The number of rotatable bonds is 2. The van der Waals surface area contributed by atoms with Crippen LogP contribution in [0.4, 0.5) is 4.39 Å². The first-order valence-corrected chi connectivity index (χ1v) is 8.73. The summed E-state index contributed by atoms with van der Waals surface area (Å²) in [5.41, 5.74) is -0.501. The molecule has 1 aromatic rings. The predicted octanol–water partition coefficient (Wildman–Crippen LogP) is 1.72. The van der Waals surface area contributed by atoms with Crippen molar-refractivity contribution in [2.24, 2.45) is 0 Å². The Labute approximate surface area is 148 Å². The number of piperidine rings is 1. The molecule has 2 fully saturated rings. The Kier molecular flexibility index (Phi) is 4.68. The molecule has 0 unspecified atom stereocenters. The molecular weight excluding hydrogens is 324 g/mol. The van der Waals surface area contributed by atoms with Gasteiger partial charge in [-0.3, -0.25) is 4.79 Å². The van der Waals surface area contributed by atoms with Crippen molar-refractivity contribution in [3.8, 4) is 0 Å². The largest absolute Gasteiger partial charge is 0.497 e. The molecule has 0 saturated carbocycles. The zero-order valence-electron chi connectivity index (χ0n) is 15.2. The normalized spacial score (nSPS) is 23.1. The highest BCUT2D eigenvalue weighted by Gasteiger charge is 2.52. The van der Waals surface area contributed by atoms with Gasteiger partial charge in [0.15, 0.2) is 0 Å². The third-order valence-corrected chi connectivity index (χ3v) is 5.51. The monoisotopic (exact) mass is 349 g/mol. The summed E-state index contributed by atoms with van der Waals surface area (Å²) in [5.74, 6) is -0.729. The number of carbonyl (C=O) groups excluding carboxylic acids is 1. The number of halogens is 1. The van der Waals surface area contributed by atoms with Crippen LogP contribution in [0, 0.1) is 5.82 Å². The maximum Gasteiger partial charge on any atom is 0.497 e. The zero-order chi connectivity index (χ0) is 18.4. The molecule has 0 radical (unpaired) electrons. The molecule has 0 atom stereocenters. The van der Waals surface area contributed by atoms with Gasteiger partial charge in [-0.2, -0.15) is 0 Å². The van der Waals surface area contributed by atoms with Gasteiger partial charge in [0.2, 0.25) is 0 Å². The van der Waals surface area contributed by atoms with Gasteiger partial charge < -0.3 is 19.3 Å². The van der Waals surface area contributed by atoms with E-state index in [9.17, 15) is 14.3 Å². The van der Waals surface area contributed by atoms with E-state index in [1.54, 1.807) is 17.0 Å². The molecule has 25 heavy (non-hydrogen) atoms. The van der Waals surface area contributed by atoms with Gasteiger partial charge in [0, 0.05) is 24.1 Å². The zero-order valence-corrected chi connectivity index (χ0v) is 15.2. The van der Waals surface area contributed by atoms with Crippen LogP contribution < -0.4 is 5.46 Å². The molecule has 0 spiro atoms. The van der Waals surface area contributed by atoms with Crippen LogP contribution in [0.5, 0.6) is 0 Å². The Bertz CT molecular complexity index is 655. The molecule has 136 valence electrons. The Balaban J connectivity index is 1.77. The lowest BCUT2D eigenvalue weighted by Crippen LogP contribution is -2.41. The van der Waals surface area contributed by atoms with Gasteiger partial charge in [-0.25, -0.2) is 4.39 Å². The van der Waals surface area contributed by atoms with Crippen LogP contribution in [-0.4, -0.2) is 53.4 Å². The molecule has 3 rings (SSSR count). The molecule has 5 nitrogen and oxygen atoms in total. The summed E-state index contributed by atoms with van der Waals surface area (Å²) in [5, 5.41) is 9.54. The van der Waals surface area contributed by atoms with E-state index in [1.165, 1.54) is 6.07 Å². The summed E-state index contributed by atoms with van der Waals surface area (Å²) < 4.78 is 26.4. The molecule has 2 aliphatic heterocycles. The number of likely N-dealkylation sites (tertiary alicyclic amines) is 1. The van der Waals surface area contributed by atoms with Crippen molar-refractivity contribution < 1.29 is 23.6 Å². The van der Waals surface area contributed by atoms with Gasteiger partial charge in [0.05, 0.1) is 17.3 Å². The van der Waals surface area contributed by atoms with Crippen LogP contribution >= 0.6 is 0 Å². The van der Waals surface area contributed by atoms with Crippen LogP contribution in [0.3, 0.4) is 0 Å². The van der Waals surface area contributed by atoms with E-state index in [4.69, 9.17) is 9.31 Å². The molecule has 2 aliphatic rings. The molecule has 2 saturated heterocycles. The summed E-state index contributed by atoms with van der Waals surface area (Å²) in [6.07, 6.45) is 0.756. The quantitative estimate of drug-likeness (QED) is 0.826. The minimum absolute atomic E-state index is 0.216. The standard InChI is InChI=1S/C18H25BFNO4/c1-17(2)18(3,4)25-19(24-17)14-6-5-12(11-15(14)20)16(23)21-9-7-13(22)8-10-21/h5-6,11,13,22H,7-10H2,1-4H3. The predicted molar refractivity (Wildman–Crippen MR) is 93.3 cm³/mol.